The van der Waals surface area contributed by atoms with Gasteiger partial charge in [0.2, 0.25) is 0 Å². The summed E-state index contributed by atoms with van der Waals surface area (Å²) in [5.74, 6) is -0.636. The molecule has 23 heavy (non-hydrogen) atoms. The van der Waals surface area contributed by atoms with Gasteiger partial charge in [-0.3, -0.25) is 9.69 Å². The van der Waals surface area contributed by atoms with Crippen molar-refractivity contribution in [2.45, 2.75) is 18.0 Å². The normalized spacial score (nSPS) is 21.5. The van der Waals surface area contributed by atoms with Crippen molar-refractivity contribution in [3.05, 3.63) is 70.5 Å². The molecule has 3 rings (SSSR count). The van der Waals surface area contributed by atoms with Crippen LogP contribution in [0.15, 0.2) is 48.5 Å². The molecule has 1 N–H and O–H groups in total. The lowest BCUT2D eigenvalue weighted by atomic mass is 10.1. The van der Waals surface area contributed by atoms with E-state index in [4.69, 9.17) is 11.6 Å². The third kappa shape index (κ3) is 3.68. The fourth-order valence-electron chi connectivity index (χ4n) is 2.69. The molecule has 2 aromatic rings. The fourth-order valence-corrected chi connectivity index (χ4v) is 4.34. The number of benzene rings is 2. The van der Waals surface area contributed by atoms with Gasteiger partial charge in [-0.2, -0.15) is 0 Å². The van der Waals surface area contributed by atoms with Crippen LogP contribution < -0.4 is 0 Å². The summed E-state index contributed by atoms with van der Waals surface area (Å²) < 4.78 is 13.1. The van der Waals surface area contributed by atoms with Crippen molar-refractivity contribution in [1.29, 1.82) is 0 Å². The van der Waals surface area contributed by atoms with Crippen LogP contribution in [0.25, 0.3) is 0 Å². The van der Waals surface area contributed by atoms with Gasteiger partial charge in [0.05, 0.1) is 5.37 Å². The smallest absolute Gasteiger partial charge is 0.321 e. The van der Waals surface area contributed by atoms with Gasteiger partial charge in [-0.25, -0.2) is 4.39 Å². The molecule has 1 aliphatic heterocycles. The Morgan fingerprint density at radius 2 is 2.04 bits per heavy atom. The minimum Gasteiger partial charge on any atom is -0.480 e. The van der Waals surface area contributed by atoms with Crippen molar-refractivity contribution < 1.29 is 14.3 Å². The predicted octanol–water partition coefficient (Wildman–Crippen LogP) is 4.18. The second-order valence-corrected chi connectivity index (χ2v) is 6.94. The van der Waals surface area contributed by atoms with Crippen molar-refractivity contribution in [1.82, 2.24) is 4.90 Å². The maximum atomic E-state index is 13.1. The summed E-state index contributed by atoms with van der Waals surface area (Å²) in [6.07, 6.45) is 0. The first-order chi connectivity index (χ1) is 11.0. The fraction of sp³-hybridized carbons (Fsp3) is 0.235. The number of rotatable bonds is 4. The molecule has 1 saturated heterocycles. The number of hydrogen-bond donors (Lipinski definition) is 1. The van der Waals surface area contributed by atoms with Gasteiger partial charge in [0.25, 0.3) is 0 Å². The molecule has 0 spiro atoms. The Labute approximate surface area is 143 Å². The summed E-state index contributed by atoms with van der Waals surface area (Å²) >= 11 is 7.65. The average molecular weight is 352 g/mol. The molecule has 0 bridgehead atoms. The van der Waals surface area contributed by atoms with Crippen LogP contribution in [0.5, 0.6) is 0 Å². The molecular weight excluding hydrogens is 337 g/mol. The lowest BCUT2D eigenvalue weighted by molar-refractivity contribution is -0.142. The van der Waals surface area contributed by atoms with Gasteiger partial charge in [-0.05, 0) is 35.4 Å². The zero-order valence-corrected chi connectivity index (χ0v) is 13.7. The molecule has 0 saturated carbocycles. The Bertz CT molecular complexity index is 710. The van der Waals surface area contributed by atoms with E-state index in [2.05, 4.69) is 0 Å². The Kier molecular flexibility index (Phi) is 4.90. The molecule has 120 valence electrons. The average Bonchev–Trinajstić information content (AvgIpc) is 2.93. The number of halogens is 2. The summed E-state index contributed by atoms with van der Waals surface area (Å²) in [6.45, 7) is 0.446. The van der Waals surface area contributed by atoms with Crippen LogP contribution in [0.3, 0.4) is 0 Å². The van der Waals surface area contributed by atoms with Crippen molar-refractivity contribution in [3.8, 4) is 0 Å². The SMILES string of the molecule is O=C(O)C1CSC(c2cccc(Cl)c2)N1Cc1ccc(F)cc1. The third-order valence-corrected chi connectivity index (χ3v) is 5.41. The van der Waals surface area contributed by atoms with Crippen molar-refractivity contribution in [3.63, 3.8) is 0 Å². The molecule has 6 heteroatoms. The molecule has 3 nitrogen and oxygen atoms in total. The summed E-state index contributed by atoms with van der Waals surface area (Å²) in [5, 5.41) is 10.0. The first kappa shape index (κ1) is 16.3. The van der Waals surface area contributed by atoms with Crippen LogP contribution in [0.2, 0.25) is 5.02 Å². The maximum absolute atomic E-state index is 13.1. The van der Waals surface area contributed by atoms with Crippen LogP contribution in [0, 0.1) is 5.82 Å². The topological polar surface area (TPSA) is 40.5 Å². The highest BCUT2D eigenvalue weighted by atomic mass is 35.5. The van der Waals surface area contributed by atoms with E-state index in [0.29, 0.717) is 17.3 Å². The Morgan fingerprint density at radius 1 is 1.30 bits per heavy atom. The Hall–Kier alpha value is -1.56. The van der Waals surface area contributed by atoms with E-state index < -0.39 is 12.0 Å². The molecule has 0 radical (unpaired) electrons. The summed E-state index contributed by atoms with van der Waals surface area (Å²) in [7, 11) is 0. The van der Waals surface area contributed by atoms with Crippen LogP contribution in [-0.2, 0) is 11.3 Å². The molecule has 1 fully saturated rings. The molecule has 2 unspecified atom stereocenters. The van der Waals surface area contributed by atoms with Gasteiger partial charge >= 0.3 is 5.97 Å². The molecule has 2 aromatic carbocycles. The number of nitrogens with zero attached hydrogens (tertiary/aromatic N) is 1. The van der Waals surface area contributed by atoms with E-state index in [1.54, 1.807) is 30.0 Å². The molecular formula is C17H15ClFNO2S. The molecule has 0 aliphatic carbocycles. The van der Waals surface area contributed by atoms with Crippen LogP contribution in [0.4, 0.5) is 4.39 Å². The number of thioether (sulfide) groups is 1. The highest BCUT2D eigenvalue weighted by molar-refractivity contribution is 7.99. The molecule has 0 aromatic heterocycles. The van der Waals surface area contributed by atoms with Crippen LogP contribution in [0.1, 0.15) is 16.5 Å². The monoisotopic (exact) mass is 351 g/mol. The van der Waals surface area contributed by atoms with E-state index in [1.165, 1.54) is 12.1 Å². The van der Waals surface area contributed by atoms with E-state index in [0.717, 1.165) is 11.1 Å². The van der Waals surface area contributed by atoms with Gasteiger partial charge in [-0.15, -0.1) is 11.8 Å². The largest absolute Gasteiger partial charge is 0.480 e. The minimum atomic E-state index is -0.843. The number of carboxylic acid groups (broad SMARTS) is 1. The maximum Gasteiger partial charge on any atom is 0.321 e. The molecule has 2 atom stereocenters. The standard InChI is InChI=1S/C17H15ClFNO2S/c18-13-3-1-2-12(8-13)16-20(15(10-23-16)17(21)22)9-11-4-6-14(19)7-5-11/h1-8,15-16H,9-10H2,(H,21,22). The zero-order valence-electron chi connectivity index (χ0n) is 12.2. The van der Waals surface area contributed by atoms with Gasteiger partial charge in [-0.1, -0.05) is 35.9 Å². The van der Waals surface area contributed by atoms with Gasteiger partial charge in [0, 0.05) is 17.3 Å². The number of aliphatic carboxylic acids is 1. The van der Waals surface area contributed by atoms with Gasteiger partial charge in [0.15, 0.2) is 0 Å². The Balaban J connectivity index is 1.89. The van der Waals surface area contributed by atoms with E-state index in [1.807, 2.05) is 23.1 Å². The molecule has 1 aliphatic rings. The lowest BCUT2D eigenvalue weighted by Crippen LogP contribution is -2.38. The zero-order chi connectivity index (χ0) is 16.4. The highest BCUT2D eigenvalue weighted by Crippen LogP contribution is 2.42. The quantitative estimate of drug-likeness (QED) is 0.897. The summed E-state index contributed by atoms with van der Waals surface area (Å²) in [6, 6.07) is 13.1. The van der Waals surface area contributed by atoms with E-state index in [9.17, 15) is 14.3 Å². The summed E-state index contributed by atoms with van der Waals surface area (Å²) in [5.41, 5.74) is 1.86. The number of hydrogen-bond acceptors (Lipinski definition) is 3. The first-order valence-electron chi connectivity index (χ1n) is 7.14. The summed E-state index contributed by atoms with van der Waals surface area (Å²) in [4.78, 5) is 13.5. The second kappa shape index (κ2) is 6.91. The molecule has 0 amide bonds. The first-order valence-corrected chi connectivity index (χ1v) is 8.57. The van der Waals surface area contributed by atoms with Crippen molar-refractivity contribution in [2.75, 3.05) is 5.75 Å². The van der Waals surface area contributed by atoms with E-state index >= 15 is 0 Å². The van der Waals surface area contributed by atoms with E-state index in [-0.39, 0.29) is 11.2 Å². The highest BCUT2D eigenvalue weighted by Gasteiger charge is 2.39. The van der Waals surface area contributed by atoms with Crippen molar-refractivity contribution in [2.24, 2.45) is 0 Å². The van der Waals surface area contributed by atoms with Crippen LogP contribution >= 0.6 is 23.4 Å². The minimum absolute atomic E-state index is 0.0835. The lowest BCUT2D eigenvalue weighted by Gasteiger charge is -2.27. The Morgan fingerprint density at radius 3 is 2.70 bits per heavy atom. The molecule has 1 heterocycles. The number of carboxylic acids is 1. The van der Waals surface area contributed by atoms with Crippen molar-refractivity contribution >= 4 is 29.3 Å². The second-order valence-electron chi connectivity index (χ2n) is 5.39. The predicted molar refractivity (Wildman–Crippen MR) is 90.0 cm³/mol. The number of carbonyl (C=O) groups is 1. The van der Waals surface area contributed by atoms with Crippen LogP contribution in [-0.4, -0.2) is 27.8 Å². The third-order valence-electron chi connectivity index (χ3n) is 3.81. The van der Waals surface area contributed by atoms with Gasteiger partial charge in [0.1, 0.15) is 11.9 Å². The van der Waals surface area contributed by atoms with Gasteiger partial charge < -0.3 is 5.11 Å².